The summed E-state index contributed by atoms with van der Waals surface area (Å²) in [5.41, 5.74) is 2.21. The molecule has 2 aromatic heterocycles. The van der Waals surface area contributed by atoms with Gasteiger partial charge in [0.25, 0.3) is 5.89 Å². The molecule has 0 spiro atoms. The highest BCUT2D eigenvalue weighted by atomic mass is 32.1. The van der Waals surface area contributed by atoms with E-state index in [0.717, 1.165) is 16.0 Å². The topological polar surface area (TPSA) is 70.2 Å². The lowest BCUT2D eigenvalue weighted by atomic mass is 9.87. The van der Waals surface area contributed by atoms with Gasteiger partial charge in [-0.25, -0.2) is 0 Å². The first-order chi connectivity index (χ1) is 13.4. The van der Waals surface area contributed by atoms with Gasteiger partial charge in [-0.15, -0.1) is 10.2 Å². The zero-order chi connectivity index (χ0) is 19.7. The van der Waals surface area contributed by atoms with Crippen LogP contribution >= 0.6 is 11.3 Å². The van der Waals surface area contributed by atoms with E-state index in [-0.39, 0.29) is 23.4 Å². The normalized spacial score (nSPS) is 11.8. The summed E-state index contributed by atoms with van der Waals surface area (Å²) in [5, 5.41) is 8.07. The van der Waals surface area contributed by atoms with Crippen LogP contribution in [0.4, 0.5) is 0 Å². The monoisotopic (exact) mass is 395 g/mol. The molecule has 6 nitrogen and oxygen atoms in total. The van der Waals surface area contributed by atoms with E-state index >= 15 is 0 Å². The molecule has 0 aliphatic carbocycles. The van der Waals surface area contributed by atoms with Crippen LogP contribution < -0.4 is 9.61 Å². The SMILES string of the molecule is CC(C)(C)c1ccc(OCc2nnc(Cn3c(=O)sc4ccccc43)o2)cc1. The van der Waals surface area contributed by atoms with Gasteiger partial charge in [-0.1, -0.05) is 56.4 Å². The van der Waals surface area contributed by atoms with E-state index < -0.39 is 0 Å². The van der Waals surface area contributed by atoms with Crippen LogP contribution in [0.25, 0.3) is 10.2 Å². The van der Waals surface area contributed by atoms with Crippen LogP contribution in [0.1, 0.15) is 38.1 Å². The summed E-state index contributed by atoms with van der Waals surface area (Å²) in [6, 6.07) is 15.7. The maximum atomic E-state index is 12.2. The molecule has 4 rings (SSSR count). The Labute approximate surface area is 166 Å². The highest BCUT2D eigenvalue weighted by Crippen LogP contribution is 2.24. The zero-order valence-electron chi connectivity index (χ0n) is 16.0. The molecule has 0 bridgehead atoms. The first-order valence-electron chi connectivity index (χ1n) is 9.03. The lowest BCUT2D eigenvalue weighted by Gasteiger charge is -2.19. The number of nitrogens with zero attached hydrogens (tertiary/aromatic N) is 3. The maximum Gasteiger partial charge on any atom is 0.308 e. The highest BCUT2D eigenvalue weighted by molar-refractivity contribution is 7.16. The van der Waals surface area contributed by atoms with Crippen LogP contribution in [0, 0.1) is 0 Å². The molecule has 144 valence electrons. The van der Waals surface area contributed by atoms with E-state index in [1.807, 2.05) is 36.4 Å². The molecule has 0 aliphatic rings. The van der Waals surface area contributed by atoms with Crippen molar-refractivity contribution in [2.45, 2.75) is 39.3 Å². The average molecular weight is 395 g/mol. The van der Waals surface area contributed by atoms with E-state index in [1.165, 1.54) is 16.9 Å². The summed E-state index contributed by atoms with van der Waals surface area (Å²) in [5.74, 6) is 1.50. The summed E-state index contributed by atoms with van der Waals surface area (Å²) >= 11 is 1.21. The standard InChI is InChI=1S/C21H21N3O3S/c1-21(2,3)14-8-10-15(11-9-14)26-13-19-23-22-18(27-19)12-24-16-6-4-5-7-17(16)28-20(24)25/h4-11H,12-13H2,1-3H3. The van der Waals surface area contributed by atoms with Crippen molar-refractivity contribution in [3.05, 3.63) is 75.5 Å². The molecular weight excluding hydrogens is 374 g/mol. The molecule has 0 saturated heterocycles. The van der Waals surface area contributed by atoms with Crippen LogP contribution in [-0.2, 0) is 18.6 Å². The van der Waals surface area contributed by atoms with Crippen molar-refractivity contribution in [3.63, 3.8) is 0 Å². The molecule has 0 atom stereocenters. The van der Waals surface area contributed by atoms with Crippen molar-refractivity contribution in [3.8, 4) is 5.75 Å². The van der Waals surface area contributed by atoms with Crippen molar-refractivity contribution in [1.29, 1.82) is 0 Å². The Bertz CT molecular complexity index is 1150. The van der Waals surface area contributed by atoms with Gasteiger partial charge in [0.1, 0.15) is 12.3 Å². The molecule has 7 heteroatoms. The fourth-order valence-corrected chi connectivity index (χ4v) is 3.80. The van der Waals surface area contributed by atoms with E-state index in [2.05, 4.69) is 43.1 Å². The van der Waals surface area contributed by atoms with Crippen LogP contribution in [0.2, 0.25) is 0 Å². The fraction of sp³-hybridized carbons (Fsp3) is 0.286. The summed E-state index contributed by atoms with van der Waals surface area (Å²) in [6.07, 6.45) is 0. The Kier molecular flexibility index (Phi) is 4.77. The highest BCUT2D eigenvalue weighted by Gasteiger charge is 2.14. The van der Waals surface area contributed by atoms with Gasteiger partial charge < -0.3 is 9.15 Å². The van der Waals surface area contributed by atoms with Gasteiger partial charge in [0.05, 0.1) is 10.2 Å². The number of ether oxygens (including phenoxy) is 1. The molecule has 0 aliphatic heterocycles. The molecule has 0 amide bonds. The van der Waals surface area contributed by atoms with Gasteiger partial charge in [-0.05, 0) is 35.2 Å². The first-order valence-corrected chi connectivity index (χ1v) is 9.85. The number of rotatable bonds is 5. The van der Waals surface area contributed by atoms with Crippen molar-refractivity contribution in [2.24, 2.45) is 0 Å². The van der Waals surface area contributed by atoms with Crippen molar-refractivity contribution in [1.82, 2.24) is 14.8 Å². The number of aromatic nitrogens is 3. The maximum absolute atomic E-state index is 12.2. The van der Waals surface area contributed by atoms with Crippen LogP contribution in [0.15, 0.2) is 57.7 Å². The quantitative estimate of drug-likeness (QED) is 0.502. The molecule has 2 aromatic carbocycles. The minimum atomic E-state index is -0.0452. The second kappa shape index (κ2) is 7.24. The predicted octanol–water partition coefficient (Wildman–Crippen LogP) is 4.37. The van der Waals surface area contributed by atoms with E-state index in [9.17, 15) is 4.79 Å². The first kappa shape index (κ1) is 18.4. The predicted molar refractivity (Wildman–Crippen MR) is 109 cm³/mol. The molecule has 0 N–H and O–H groups in total. The average Bonchev–Trinajstić information content (AvgIpc) is 3.24. The minimum Gasteiger partial charge on any atom is -0.484 e. The van der Waals surface area contributed by atoms with E-state index in [4.69, 9.17) is 9.15 Å². The van der Waals surface area contributed by atoms with E-state index in [0.29, 0.717) is 11.8 Å². The third-order valence-corrected chi connectivity index (χ3v) is 5.42. The number of thiazole rings is 1. The molecule has 0 fully saturated rings. The summed E-state index contributed by atoms with van der Waals surface area (Å²) < 4.78 is 14.0. The second-order valence-corrected chi connectivity index (χ2v) is 8.57. The smallest absolute Gasteiger partial charge is 0.308 e. The molecule has 28 heavy (non-hydrogen) atoms. The third-order valence-electron chi connectivity index (χ3n) is 4.46. The lowest BCUT2D eigenvalue weighted by molar-refractivity contribution is 0.258. The number of benzene rings is 2. The van der Waals surface area contributed by atoms with Crippen molar-refractivity contribution < 1.29 is 9.15 Å². The van der Waals surface area contributed by atoms with Gasteiger partial charge >= 0.3 is 4.87 Å². The van der Waals surface area contributed by atoms with Crippen LogP contribution in [0.5, 0.6) is 5.75 Å². The van der Waals surface area contributed by atoms with Crippen molar-refractivity contribution >= 4 is 21.6 Å². The summed E-state index contributed by atoms with van der Waals surface area (Å²) in [4.78, 5) is 12.2. The van der Waals surface area contributed by atoms with E-state index in [1.54, 1.807) is 4.57 Å². The van der Waals surface area contributed by atoms with Crippen LogP contribution in [-0.4, -0.2) is 14.8 Å². The Morgan fingerprint density at radius 2 is 1.75 bits per heavy atom. The summed E-state index contributed by atoms with van der Waals surface area (Å²) in [7, 11) is 0. The number of para-hydroxylation sites is 1. The van der Waals surface area contributed by atoms with Crippen LogP contribution in [0.3, 0.4) is 0 Å². The van der Waals surface area contributed by atoms with Crippen molar-refractivity contribution in [2.75, 3.05) is 0 Å². The minimum absolute atomic E-state index is 0.0452. The third kappa shape index (κ3) is 3.84. The molecule has 4 aromatic rings. The molecule has 0 saturated carbocycles. The lowest BCUT2D eigenvalue weighted by Crippen LogP contribution is -2.13. The zero-order valence-corrected chi connectivity index (χ0v) is 16.8. The number of fused-ring (bicyclic) bond motifs is 1. The molecular formula is C21H21N3O3S. The van der Waals surface area contributed by atoms with Gasteiger partial charge in [-0.3, -0.25) is 9.36 Å². The van der Waals surface area contributed by atoms with Gasteiger partial charge in [-0.2, -0.15) is 0 Å². The Morgan fingerprint density at radius 3 is 2.50 bits per heavy atom. The Hall–Kier alpha value is -2.93. The molecule has 0 unspecified atom stereocenters. The second-order valence-electron chi connectivity index (χ2n) is 7.57. The van der Waals surface area contributed by atoms with Gasteiger partial charge in [0.15, 0.2) is 6.61 Å². The van der Waals surface area contributed by atoms with Gasteiger partial charge in [0.2, 0.25) is 5.89 Å². The number of hydrogen-bond donors (Lipinski definition) is 0. The fourth-order valence-electron chi connectivity index (χ4n) is 2.91. The van der Waals surface area contributed by atoms with Gasteiger partial charge in [0, 0.05) is 0 Å². The Balaban J connectivity index is 1.43. The number of hydrogen-bond acceptors (Lipinski definition) is 6. The largest absolute Gasteiger partial charge is 0.484 e. The summed E-state index contributed by atoms with van der Waals surface area (Å²) in [6.45, 7) is 6.94. The molecule has 2 heterocycles. The molecule has 0 radical (unpaired) electrons. The Morgan fingerprint density at radius 1 is 1.04 bits per heavy atom.